The molecule has 29 heavy (non-hydrogen) atoms. The molecule has 0 bridgehead atoms. The van der Waals surface area contributed by atoms with Crippen LogP contribution in [-0.4, -0.2) is 23.0 Å². The predicted octanol–water partition coefficient (Wildman–Crippen LogP) is 4.89. The molecule has 0 aliphatic heterocycles. The third-order valence-electron chi connectivity index (χ3n) is 4.95. The lowest BCUT2D eigenvalue weighted by molar-refractivity contribution is 0.0770. The monoisotopic (exact) mass is 390 g/mol. The first-order chi connectivity index (χ1) is 14.0. The molecular formula is C23H22N2O4. The number of amides is 1. The normalized spacial score (nSPS) is 11.0. The number of carbonyl (C=O) groups excluding carboxylic acids is 1. The van der Waals surface area contributed by atoms with Crippen LogP contribution in [0.1, 0.15) is 33.1 Å². The predicted molar refractivity (Wildman–Crippen MR) is 109 cm³/mol. The molecule has 0 spiro atoms. The summed E-state index contributed by atoms with van der Waals surface area (Å²) in [6.07, 6.45) is 1.60. The molecule has 2 aromatic carbocycles. The Labute approximate surface area is 168 Å². The highest BCUT2D eigenvalue weighted by Crippen LogP contribution is 2.29. The lowest BCUT2D eigenvalue weighted by Crippen LogP contribution is -2.26. The van der Waals surface area contributed by atoms with Crippen molar-refractivity contribution >= 4 is 16.7 Å². The van der Waals surface area contributed by atoms with Crippen molar-refractivity contribution < 1.29 is 18.5 Å². The van der Waals surface area contributed by atoms with Crippen LogP contribution >= 0.6 is 0 Å². The molecule has 0 N–H and O–H groups in total. The van der Waals surface area contributed by atoms with Gasteiger partial charge in [0.05, 0.1) is 29.6 Å². The van der Waals surface area contributed by atoms with Gasteiger partial charge in [-0.15, -0.1) is 0 Å². The molecular weight excluding hydrogens is 368 g/mol. The number of carbonyl (C=O) groups is 1. The minimum Gasteiger partial charge on any atom is -0.488 e. The van der Waals surface area contributed by atoms with Crippen molar-refractivity contribution in [3.05, 3.63) is 83.1 Å². The Morgan fingerprint density at radius 1 is 1.10 bits per heavy atom. The van der Waals surface area contributed by atoms with Crippen LogP contribution in [0.5, 0.6) is 5.75 Å². The fourth-order valence-corrected chi connectivity index (χ4v) is 3.28. The molecule has 0 aliphatic carbocycles. The molecule has 0 saturated heterocycles. The summed E-state index contributed by atoms with van der Waals surface area (Å²) in [7, 11) is 1.75. The quantitative estimate of drug-likeness (QED) is 0.469. The Hall–Kier alpha value is -3.54. The highest BCUT2D eigenvalue weighted by Gasteiger charge is 2.20. The van der Waals surface area contributed by atoms with Crippen molar-refractivity contribution in [3.8, 4) is 5.75 Å². The maximum Gasteiger partial charge on any atom is 0.257 e. The Morgan fingerprint density at radius 3 is 2.52 bits per heavy atom. The fraction of sp³-hybridized carbons (Fsp3) is 0.217. The minimum absolute atomic E-state index is 0.138. The summed E-state index contributed by atoms with van der Waals surface area (Å²) in [6.45, 7) is 4.38. The SMILES string of the molecule is Cc1noc(C)c1COc1cc2ccccc2cc1C(=O)N(C)Cc1ccco1. The van der Waals surface area contributed by atoms with Gasteiger partial charge in [-0.05, 0) is 48.9 Å². The summed E-state index contributed by atoms with van der Waals surface area (Å²) in [6, 6.07) is 15.3. The summed E-state index contributed by atoms with van der Waals surface area (Å²) in [5.41, 5.74) is 2.18. The molecule has 0 saturated carbocycles. The minimum atomic E-state index is -0.138. The van der Waals surface area contributed by atoms with Crippen LogP contribution in [0, 0.1) is 13.8 Å². The standard InChI is InChI=1S/C23H22N2O4/c1-15-21(16(2)29-24-15)14-28-22-12-18-8-5-4-7-17(18)11-20(22)23(26)25(3)13-19-9-6-10-27-19/h4-12H,13-14H2,1-3H3. The van der Waals surface area contributed by atoms with E-state index >= 15 is 0 Å². The van der Waals surface area contributed by atoms with Gasteiger partial charge in [-0.1, -0.05) is 29.4 Å². The average Bonchev–Trinajstić information content (AvgIpc) is 3.35. The molecule has 0 fully saturated rings. The molecule has 0 radical (unpaired) electrons. The molecule has 0 unspecified atom stereocenters. The number of fused-ring (bicyclic) bond motifs is 1. The smallest absolute Gasteiger partial charge is 0.257 e. The molecule has 0 atom stereocenters. The Morgan fingerprint density at radius 2 is 1.86 bits per heavy atom. The average molecular weight is 390 g/mol. The van der Waals surface area contributed by atoms with Gasteiger partial charge in [-0.3, -0.25) is 4.79 Å². The van der Waals surface area contributed by atoms with Gasteiger partial charge < -0.3 is 18.6 Å². The molecule has 0 aliphatic rings. The molecule has 2 heterocycles. The van der Waals surface area contributed by atoms with E-state index in [2.05, 4.69) is 5.16 Å². The number of hydrogen-bond donors (Lipinski definition) is 0. The zero-order valence-electron chi connectivity index (χ0n) is 16.6. The number of aryl methyl sites for hydroxylation is 2. The summed E-state index contributed by atoms with van der Waals surface area (Å²) in [5.74, 6) is 1.83. The van der Waals surface area contributed by atoms with Crippen LogP contribution in [0.25, 0.3) is 10.8 Å². The molecule has 2 aromatic heterocycles. The van der Waals surface area contributed by atoms with Crippen LogP contribution in [0.3, 0.4) is 0 Å². The van der Waals surface area contributed by atoms with E-state index in [0.717, 1.165) is 27.8 Å². The number of rotatable bonds is 6. The van der Waals surface area contributed by atoms with Crippen molar-refractivity contribution in [2.24, 2.45) is 0 Å². The highest BCUT2D eigenvalue weighted by atomic mass is 16.5. The Bertz CT molecular complexity index is 1130. The van der Waals surface area contributed by atoms with Crippen LogP contribution in [-0.2, 0) is 13.2 Å². The number of nitrogens with zero attached hydrogens (tertiary/aromatic N) is 2. The maximum atomic E-state index is 13.2. The van der Waals surface area contributed by atoms with Gasteiger partial charge in [0.1, 0.15) is 23.9 Å². The molecule has 6 heteroatoms. The molecule has 148 valence electrons. The molecule has 4 rings (SSSR count). The highest BCUT2D eigenvalue weighted by molar-refractivity contribution is 6.01. The van der Waals surface area contributed by atoms with Gasteiger partial charge in [-0.2, -0.15) is 0 Å². The zero-order chi connectivity index (χ0) is 20.4. The first-order valence-electron chi connectivity index (χ1n) is 9.38. The molecule has 6 nitrogen and oxygen atoms in total. The molecule has 4 aromatic rings. The topological polar surface area (TPSA) is 68.7 Å². The second kappa shape index (κ2) is 7.83. The van der Waals surface area contributed by atoms with Crippen molar-refractivity contribution in [1.82, 2.24) is 10.1 Å². The van der Waals surface area contributed by atoms with Gasteiger partial charge in [0.15, 0.2) is 0 Å². The van der Waals surface area contributed by atoms with E-state index in [1.54, 1.807) is 18.2 Å². The second-order valence-electron chi connectivity index (χ2n) is 7.03. The van der Waals surface area contributed by atoms with Crippen LogP contribution < -0.4 is 4.74 Å². The van der Waals surface area contributed by atoms with Gasteiger partial charge >= 0.3 is 0 Å². The van der Waals surface area contributed by atoms with Crippen molar-refractivity contribution in [1.29, 1.82) is 0 Å². The summed E-state index contributed by atoms with van der Waals surface area (Å²) in [4.78, 5) is 14.8. The number of aromatic nitrogens is 1. The third-order valence-corrected chi connectivity index (χ3v) is 4.95. The Balaban J connectivity index is 1.67. The number of hydrogen-bond acceptors (Lipinski definition) is 5. The van der Waals surface area contributed by atoms with E-state index in [4.69, 9.17) is 13.7 Å². The first-order valence-corrected chi connectivity index (χ1v) is 9.38. The first kappa shape index (κ1) is 18.8. The van der Waals surface area contributed by atoms with E-state index in [1.807, 2.05) is 62.4 Å². The van der Waals surface area contributed by atoms with Gasteiger partial charge in [0.2, 0.25) is 0 Å². The van der Waals surface area contributed by atoms with Crippen LogP contribution in [0.4, 0.5) is 0 Å². The van der Waals surface area contributed by atoms with E-state index in [-0.39, 0.29) is 12.5 Å². The van der Waals surface area contributed by atoms with Gasteiger partial charge in [-0.25, -0.2) is 0 Å². The van der Waals surface area contributed by atoms with E-state index in [0.29, 0.717) is 23.6 Å². The number of benzene rings is 2. The van der Waals surface area contributed by atoms with E-state index in [9.17, 15) is 4.79 Å². The lowest BCUT2D eigenvalue weighted by Gasteiger charge is -2.19. The maximum absolute atomic E-state index is 13.2. The van der Waals surface area contributed by atoms with E-state index in [1.165, 1.54) is 0 Å². The lowest BCUT2D eigenvalue weighted by atomic mass is 10.0. The van der Waals surface area contributed by atoms with Crippen LogP contribution in [0.15, 0.2) is 63.7 Å². The number of ether oxygens (including phenoxy) is 1. The van der Waals surface area contributed by atoms with Crippen molar-refractivity contribution in [2.75, 3.05) is 7.05 Å². The zero-order valence-corrected chi connectivity index (χ0v) is 16.6. The number of furan rings is 1. The summed E-state index contributed by atoms with van der Waals surface area (Å²) < 4.78 is 16.7. The van der Waals surface area contributed by atoms with Gasteiger partial charge in [0, 0.05) is 7.05 Å². The summed E-state index contributed by atoms with van der Waals surface area (Å²) >= 11 is 0. The van der Waals surface area contributed by atoms with Crippen molar-refractivity contribution in [3.63, 3.8) is 0 Å². The second-order valence-corrected chi connectivity index (χ2v) is 7.03. The van der Waals surface area contributed by atoms with Crippen molar-refractivity contribution in [2.45, 2.75) is 27.0 Å². The summed E-state index contributed by atoms with van der Waals surface area (Å²) in [5, 5.41) is 5.95. The van der Waals surface area contributed by atoms with E-state index < -0.39 is 0 Å². The van der Waals surface area contributed by atoms with Crippen LogP contribution in [0.2, 0.25) is 0 Å². The Kier molecular flexibility index (Phi) is 5.08. The fourth-order valence-electron chi connectivity index (χ4n) is 3.28. The third kappa shape index (κ3) is 3.87. The largest absolute Gasteiger partial charge is 0.488 e. The van der Waals surface area contributed by atoms with Gasteiger partial charge in [0.25, 0.3) is 5.91 Å². The molecule has 1 amide bonds.